The molecule has 4 rings (SSSR count). The van der Waals surface area contributed by atoms with E-state index in [1.165, 1.54) is 0 Å². The van der Waals surface area contributed by atoms with Crippen LogP contribution >= 0.6 is 0 Å². The number of Topliss-reactive ketones (excluding diaryl/α,β-unsaturated/α-hetero) is 1. The third kappa shape index (κ3) is 2.84. The summed E-state index contributed by atoms with van der Waals surface area (Å²) in [6.07, 6.45) is -2.17. The van der Waals surface area contributed by atoms with Gasteiger partial charge in [-0.1, -0.05) is 79.9 Å². The Morgan fingerprint density at radius 2 is 1.52 bits per heavy atom. The van der Waals surface area contributed by atoms with Gasteiger partial charge in [0.1, 0.15) is 0 Å². The molecule has 23 heavy (non-hydrogen) atoms. The van der Waals surface area contributed by atoms with E-state index in [9.17, 15) is 4.79 Å². The average Bonchev–Trinajstić information content (AvgIpc) is 3.35. The lowest BCUT2D eigenvalue weighted by molar-refractivity contribution is 0.0963. The highest BCUT2D eigenvalue weighted by molar-refractivity contribution is 6.02. The van der Waals surface area contributed by atoms with Crippen LogP contribution < -0.4 is 0 Å². The van der Waals surface area contributed by atoms with Crippen LogP contribution in [-0.2, 0) is 0 Å². The number of rotatable bonds is 4. The Bertz CT molecular complexity index is 809. The molecule has 2 fully saturated rings. The topological polar surface area (TPSA) is 20.1 Å². The summed E-state index contributed by atoms with van der Waals surface area (Å²) < 4.78 is 33.9. The molecular weight excluding hydrogens is 282 g/mol. The second-order valence-electron chi connectivity index (χ2n) is 6.14. The number of hydrogen-bond donors (Lipinski definition) is 0. The van der Waals surface area contributed by atoms with Crippen LogP contribution in [0.2, 0.25) is 0 Å². The van der Waals surface area contributed by atoms with Crippen LogP contribution in [0.15, 0.2) is 60.7 Å². The fourth-order valence-corrected chi connectivity index (χ4v) is 3.47. The Kier molecular flexibility index (Phi) is 2.94. The molecule has 2 heteroatoms. The minimum absolute atomic E-state index is 0.0679. The summed E-state index contributed by atoms with van der Waals surface area (Å²) in [5.41, 5.74) is 1.52. The minimum atomic E-state index is -1.67. The summed E-state index contributed by atoms with van der Waals surface area (Å²) in [6.45, 7) is 0. The van der Waals surface area contributed by atoms with Crippen molar-refractivity contribution in [2.75, 3.05) is 0 Å². The smallest absolute Gasteiger partial charge is 0.181 e. The summed E-state index contributed by atoms with van der Waals surface area (Å²) in [5.74, 6) is -0.0679. The number of carbonyl (C=O) groups excluding carboxylic acids is 1. The standard InChI is InChI=1S/C21H23NO/c23-21(17-12-6-2-7-13-17)20-19(16-10-4-1-5-11-16)22(20)18-14-8-3-9-15-18/h1-2,4-7,10-13,18-20H,3,8-9,14-15H2/t19-,20+,22?/m1/s1/i14D2,15D2. The molecule has 3 atom stereocenters. The van der Waals surface area contributed by atoms with Crippen molar-refractivity contribution in [3.63, 3.8) is 0 Å². The molecule has 2 aromatic carbocycles. The molecule has 0 aromatic heterocycles. The third-order valence-electron chi connectivity index (χ3n) is 4.65. The predicted octanol–water partition coefficient (Wildman–Crippen LogP) is 4.63. The summed E-state index contributed by atoms with van der Waals surface area (Å²) in [5, 5.41) is 0. The van der Waals surface area contributed by atoms with Crippen LogP contribution in [0.1, 0.15) is 59.5 Å². The zero-order valence-corrected chi connectivity index (χ0v) is 13.0. The van der Waals surface area contributed by atoms with Crippen molar-refractivity contribution < 1.29 is 10.3 Å². The Hall–Kier alpha value is -1.93. The number of ketones is 1. The maximum atomic E-state index is 13.2. The van der Waals surface area contributed by atoms with Crippen molar-refractivity contribution in [2.45, 2.75) is 50.1 Å². The molecule has 0 bridgehead atoms. The van der Waals surface area contributed by atoms with Gasteiger partial charge in [-0.15, -0.1) is 0 Å². The predicted molar refractivity (Wildman–Crippen MR) is 92.5 cm³/mol. The van der Waals surface area contributed by atoms with Crippen molar-refractivity contribution in [2.24, 2.45) is 0 Å². The maximum Gasteiger partial charge on any atom is 0.181 e. The van der Waals surface area contributed by atoms with Gasteiger partial charge in [-0.25, -0.2) is 0 Å². The second-order valence-corrected chi connectivity index (χ2v) is 6.14. The van der Waals surface area contributed by atoms with Crippen molar-refractivity contribution in [1.82, 2.24) is 4.90 Å². The van der Waals surface area contributed by atoms with E-state index in [-0.39, 0.29) is 11.8 Å². The van der Waals surface area contributed by atoms with E-state index in [0.29, 0.717) is 24.8 Å². The van der Waals surface area contributed by atoms with Gasteiger partial charge in [0, 0.05) is 17.1 Å². The summed E-state index contributed by atoms with van der Waals surface area (Å²) in [7, 11) is 0. The summed E-state index contributed by atoms with van der Waals surface area (Å²) in [4.78, 5) is 15.0. The van der Waals surface area contributed by atoms with Crippen LogP contribution in [0.5, 0.6) is 0 Å². The Morgan fingerprint density at radius 1 is 0.913 bits per heavy atom. The van der Waals surface area contributed by atoms with Crippen molar-refractivity contribution in [3.05, 3.63) is 71.8 Å². The van der Waals surface area contributed by atoms with E-state index in [1.54, 1.807) is 17.0 Å². The van der Waals surface area contributed by atoms with Crippen LogP contribution in [0.4, 0.5) is 0 Å². The molecule has 2 nitrogen and oxygen atoms in total. The second kappa shape index (κ2) is 6.29. The lowest BCUT2D eigenvalue weighted by Crippen LogP contribution is -2.26. The monoisotopic (exact) mass is 309 g/mol. The first-order valence-corrected chi connectivity index (χ1v) is 8.25. The lowest BCUT2D eigenvalue weighted by atomic mass is 9.95. The number of nitrogens with zero attached hydrogens (tertiary/aromatic N) is 1. The average molecular weight is 309 g/mol. The van der Waals surface area contributed by atoms with E-state index in [0.717, 1.165) is 5.56 Å². The van der Waals surface area contributed by atoms with E-state index in [1.807, 2.05) is 48.5 Å². The molecule has 1 saturated heterocycles. The molecule has 0 N–H and O–H groups in total. The number of carbonyl (C=O) groups is 1. The van der Waals surface area contributed by atoms with Crippen LogP contribution in [0, 0.1) is 0 Å². The van der Waals surface area contributed by atoms with E-state index < -0.39 is 24.8 Å². The van der Waals surface area contributed by atoms with Crippen molar-refractivity contribution >= 4 is 5.78 Å². The molecular formula is C21H23NO. The fourth-order valence-electron chi connectivity index (χ4n) is 3.47. The molecule has 1 aliphatic heterocycles. The van der Waals surface area contributed by atoms with Crippen molar-refractivity contribution in [1.29, 1.82) is 0 Å². The van der Waals surface area contributed by atoms with Crippen LogP contribution in [0.3, 0.4) is 0 Å². The molecule has 0 spiro atoms. The molecule has 0 radical (unpaired) electrons. The largest absolute Gasteiger partial charge is 0.292 e. The molecule has 0 amide bonds. The van der Waals surface area contributed by atoms with E-state index >= 15 is 0 Å². The molecule has 1 heterocycles. The highest BCUT2D eigenvalue weighted by Crippen LogP contribution is 2.49. The summed E-state index contributed by atoms with van der Waals surface area (Å²) in [6, 6.07) is 16.9. The first-order valence-electron chi connectivity index (χ1n) is 10.2. The highest BCUT2D eigenvalue weighted by Gasteiger charge is 2.55. The molecule has 1 aliphatic carbocycles. The molecule has 1 unspecified atom stereocenters. The van der Waals surface area contributed by atoms with E-state index in [4.69, 9.17) is 5.48 Å². The normalized spacial score (nSPS) is 34.5. The van der Waals surface area contributed by atoms with Gasteiger partial charge in [0.25, 0.3) is 0 Å². The van der Waals surface area contributed by atoms with Gasteiger partial charge >= 0.3 is 0 Å². The Balaban J connectivity index is 1.73. The third-order valence-corrected chi connectivity index (χ3v) is 4.65. The first-order chi connectivity index (χ1) is 12.8. The number of hydrogen-bond acceptors (Lipinski definition) is 2. The molecule has 2 aliphatic rings. The van der Waals surface area contributed by atoms with Crippen molar-refractivity contribution in [3.8, 4) is 0 Å². The molecule has 2 aromatic rings. The zero-order chi connectivity index (χ0) is 19.2. The molecule has 118 valence electrons. The minimum Gasteiger partial charge on any atom is -0.292 e. The van der Waals surface area contributed by atoms with Crippen LogP contribution in [-0.4, -0.2) is 22.8 Å². The first kappa shape index (κ1) is 10.8. The van der Waals surface area contributed by atoms with Gasteiger partial charge in [0.2, 0.25) is 0 Å². The lowest BCUT2D eigenvalue weighted by Gasteiger charge is -2.24. The zero-order valence-electron chi connectivity index (χ0n) is 17.0. The van der Waals surface area contributed by atoms with Gasteiger partial charge in [0.05, 0.1) is 12.1 Å². The van der Waals surface area contributed by atoms with Gasteiger partial charge in [-0.2, -0.15) is 0 Å². The van der Waals surface area contributed by atoms with Gasteiger partial charge < -0.3 is 0 Å². The Morgan fingerprint density at radius 3 is 2.17 bits per heavy atom. The van der Waals surface area contributed by atoms with Gasteiger partial charge in [-0.05, 0) is 18.3 Å². The van der Waals surface area contributed by atoms with Gasteiger partial charge in [-0.3, -0.25) is 9.69 Å². The fraction of sp³-hybridized carbons (Fsp3) is 0.381. The summed E-state index contributed by atoms with van der Waals surface area (Å²) >= 11 is 0. The number of benzene rings is 2. The SMILES string of the molecule is [2H]C1([2H])CCCC([2H])([2H])C1N1[C@H](C(=O)c2ccccc2)[C@H]1c1ccccc1. The quantitative estimate of drug-likeness (QED) is 0.606. The van der Waals surface area contributed by atoms with Crippen LogP contribution in [0.25, 0.3) is 0 Å². The Labute approximate surface area is 143 Å². The maximum absolute atomic E-state index is 13.2. The van der Waals surface area contributed by atoms with E-state index in [2.05, 4.69) is 0 Å². The van der Waals surface area contributed by atoms with Gasteiger partial charge in [0.15, 0.2) is 5.78 Å². The highest BCUT2D eigenvalue weighted by atomic mass is 16.1. The molecule has 1 saturated carbocycles.